The van der Waals surface area contributed by atoms with Gasteiger partial charge in [-0.1, -0.05) is 25.2 Å². The van der Waals surface area contributed by atoms with Crippen LogP contribution in [-0.2, 0) is 4.79 Å². The first-order valence-electron chi connectivity index (χ1n) is 14.1. The van der Waals surface area contributed by atoms with Gasteiger partial charge in [0.15, 0.2) is 0 Å². The van der Waals surface area contributed by atoms with E-state index in [0.717, 1.165) is 60.1 Å². The summed E-state index contributed by atoms with van der Waals surface area (Å²) in [6.07, 6.45) is 4.68. The van der Waals surface area contributed by atoms with Crippen molar-refractivity contribution < 1.29 is 18.5 Å². The molecule has 1 N–H and O–H groups in total. The van der Waals surface area contributed by atoms with E-state index >= 15 is 0 Å². The van der Waals surface area contributed by atoms with Gasteiger partial charge >= 0.3 is 5.00 Å². The Morgan fingerprint density at radius 3 is 2.41 bits per heavy atom. The molecule has 214 valence electrons. The van der Waals surface area contributed by atoms with Gasteiger partial charge in [-0.25, -0.2) is 8.78 Å². The minimum absolute atomic E-state index is 0.0349. The molecule has 12 heteroatoms. The molecule has 3 aliphatic rings. The molecule has 0 radical (unpaired) electrons. The van der Waals surface area contributed by atoms with Crippen LogP contribution in [0.25, 0.3) is 0 Å². The molecule has 4 heterocycles. The molecule has 3 fully saturated rings. The topological polar surface area (TPSA) is 106 Å². The molecule has 9 nitrogen and oxygen atoms in total. The maximum atomic E-state index is 13.6. The maximum Gasteiger partial charge on any atom is 0.324 e. The summed E-state index contributed by atoms with van der Waals surface area (Å²) in [6, 6.07) is 4.01. The number of hydrogen-bond donors (Lipinski definition) is 1. The van der Waals surface area contributed by atoms with Crippen molar-refractivity contribution in [3.05, 3.63) is 38.8 Å². The zero-order valence-corrected chi connectivity index (χ0v) is 23.6. The quantitative estimate of drug-likeness (QED) is 0.299. The fourth-order valence-corrected chi connectivity index (χ4v) is 7.74. The van der Waals surface area contributed by atoms with Gasteiger partial charge in [0.05, 0.1) is 11.0 Å². The molecule has 2 aromatic rings. The number of nitrogens with one attached hydrogen (secondary N) is 1. The second-order valence-electron chi connectivity index (χ2n) is 11.8. The van der Waals surface area contributed by atoms with Gasteiger partial charge in [0.1, 0.15) is 11.6 Å². The first-order valence-corrected chi connectivity index (χ1v) is 14.9. The second-order valence-corrected chi connectivity index (χ2v) is 12.9. The Hall–Kier alpha value is -2.47. The van der Waals surface area contributed by atoms with E-state index in [9.17, 15) is 23.7 Å². The van der Waals surface area contributed by atoms with E-state index in [1.807, 2.05) is 6.92 Å². The lowest BCUT2D eigenvalue weighted by Crippen LogP contribution is -2.45. The third kappa shape index (κ3) is 6.01. The molecule has 1 aliphatic carbocycles. The van der Waals surface area contributed by atoms with E-state index in [1.165, 1.54) is 6.07 Å². The van der Waals surface area contributed by atoms with Crippen molar-refractivity contribution in [2.75, 3.05) is 6.54 Å². The number of thiophene rings is 1. The van der Waals surface area contributed by atoms with Crippen molar-refractivity contribution in [3.63, 3.8) is 0 Å². The fourth-order valence-electron chi connectivity index (χ4n) is 6.84. The number of carbonyl (C=O) groups is 1. The zero-order chi connectivity index (χ0) is 27.9. The molecular formula is C27H38F2N6O3S. The molecule has 2 aromatic heterocycles. The predicted molar refractivity (Wildman–Crippen MR) is 144 cm³/mol. The predicted octanol–water partition coefficient (Wildman–Crippen LogP) is 5.92. The summed E-state index contributed by atoms with van der Waals surface area (Å²) in [7, 11) is 0. The van der Waals surface area contributed by atoms with Crippen molar-refractivity contribution >= 4 is 22.2 Å². The van der Waals surface area contributed by atoms with Crippen molar-refractivity contribution in [1.29, 1.82) is 0 Å². The van der Waals surface area contributed by atoms with Crippen molar-refractivity contribution in [1.82, 2.24) is 25.0 Å². The molecule has 1 saturated carbocycles. The molecule has 5 rings (SSSR count). The molecule has 0 aromatic carbocycles. The summed E-state index contributed by atoms with van der Waals surface area (Å²) < 4.78 is 29.6. The lowest BCUT2D eigenvalue weighted by atomic mass is 9.86. The maximum absolute atomic E-state index is 13.6. The highest BCUT2D eigenvalue weighted by Gasteiger charge is 2.43. The fraction of sp³-hybridized carbons (Fsp3) is 0.741. The average molecular weight is 565 g/mol. The Bertz CT molecular complexity index is 1180. The Balaban J connectivity index is 1.27. The molecule has 0 spiro atoms. The van der Waals surface area contributed by atoms with Crippen LogP contribution in [0.15, 0.2) is 12.1 Å². The normalized spacial score (nSPS) is 26.2. The number of carbonyl (C=O) groups excluding carboxylic acids is 1. The molecule has 2 bridgehead atoms. The highest BCUT2D eigenvalue weighted by molar-refractivity contribution is 7.15. The highest BCUT2D eigenvalue weighted by Crippen LogP contribution is 2.43. The van der Waals surface area contributed by atoms with Crippen LogP contribution in [0.3, 0.4) is 0 Å². The Morgan fingerprint density at radius 1 is 1.15 bits per heavy atom. The summed E-state index contributed by atoms with van der Waals surface area (Å²) >= 11 is 1.08. The van der Waals surface area contributed by atoms with E-state index in [1.54, 1.807) is 6.07 Å². The number of fused-ring (bicyclic) bond motifs is 2. The lowest BCUT2D eigenvalue weighted by molar-refractivity contribution is -0.380. The highest BCUT2D eigenvalue weighted by atomic mass is 32.1. The van der Waals surface area contributed by atoms with Crippen LogP contribution >= 0.6 is 11.3 Å². The molecule has 0 unspecified atom stereocenters. The summed E-state index contributed by atoms with van der Waals surface area (Å²) in [4.78, 5) is 27.3. The van der Waals surface area contributed by atoms with Gasteiger partial charge in [-0.15, -0.1) is 10.2 Å². The Morgan fingerprint density at radius 2 is 1.82 bits per heavy atom. The van der Waals surface area contributed by atoms with Gasteiger partial charge in [-0.05, 0) is 57.9 Å². The number of amides is 1. The Labute approximate surface area is 231 Å². The monoisotopic (exact) mass is 564 g/mol. The number of aromatic nitrogens is 3. The molecule has 2 aliphatic heterocycles. The SMILES string of the molecule is Cc1nnc(C(C)C)n1[C@@H]1C[C@H]2CC[C@@H](C1)N2CC[C@H](NC(=O)C1CCC(F)(F)CC1)c1ccc([N+](=O)[O-])s1. The number of nitro groups is 1. The summed E-state index contributed by atoms with van der Waals surface area (Å²) in [5.41, 5.74) is 0. The number of alkyl halides is 2. The van der Waals surface area contributed by atoms with Gasteiger partial charge in [0.25, 0.3) is 0 Å². The largest absolute Gasteiger partial charge is 0.348 e. The Kier molecular flexibility index (Phi) is 8.05. The van der Waals surface area contributed by atoms with Gasteiger partial charge in [0.2, 0.25) is 11.8 Å². The molecule has 2 saturated heterocycles. The first kappa shape index (κ1) is 28.1. The number of rotatable bonds is 9. The standard InChI is InChI=1S/C27H38F2N6O3S/c1-16(2)25-32-31-17(3)34(25)21-14-19-4-5-20(15-21)33(19)13-10-22(23-6-7-24(39-23)35(37)38)30-26(36)18-8-11-27(28,29)12-9-18/h6-7,16,18-22H,4-5,8-15H2,1-3H3,(H,30,36)/t19-,20+,21-,22-/m0/s1. The number of piperidine rings is 1. The van der Waals surface area contributed by atoms with Crippen LogP contribution in [0.5, 0.6) is 0 Å². The van der Waals surface area contributed by atoms with E-state index in [-0.39, 0.29) is 42.6 Å². The third-order valence-electron chi connectivity index (χ3n) is 8.85. The number of halogens is 2. The van der Waals surface area contributed by atoms with Crippen LogP contribution in [0.1, 0.15) is 106 Å². The van der Waals surface area contributed by atoms with E-state index in [2.05, 4.69) is 38.8 Å². The van der Waals surface area contributed by atoms with Gasteiger partial charge in [-0.3, -0.25) is 19.8 Å². The summed E-state index contributed by atoms with van der Waals surface area (Å²) in [5, 5.41) is 23.2. The number of aryl methyl sites for hydroxylation is 1. The molecular weight excluding hydrogens is 526 g/mol. The van der Waals surface area contributed by atoms with Crippen molar-refractivity contribution in [2.45, 2.75) is 115 Å². The van der Waals surface area contributed by atoms with Crippen LogP contribution in [0.2, 0.25) is 0 Å². The van der Waals surface area contributed by atoms with Crippen LogP contribution in [0, 0.1) is 23.0 Å². The van der Waals surface area contributed by atoms with E-state index in [4.69, 9.17) is 0 Å². The van der Waals surface area contributed by atoms with Gasteiger partial charge in [0, 0.05) is 60.3 Å². The zero-order valence-electron chi connectivity index (χ0n) is 22.8. The third-order valence-corrected chi connectivity index (χ3v) is 10.0. The summed E-state index contributed by atoms with van der Waals surface area (Å²) in [5.74, 6) is -1.07. The smallest absolute Gasteiger partial charge is 0.324 e. The van der Waals surface area contributed by atoms with Crippen LogP contribution in [0.4, 0.5) is 13.8 Å². The van der Waals surface area contributed by atoms with Crippen molar-refractivity contribution in [3.8, 4) is 0 Å². The first-order chi connectivity index (χ1) is 18.5. The molecule has 4 atom stereocenters. The van der Waals surface area contributed by atoms with E-state index < -0.39 is 16.8 Å². The van der Waals surface area contributed by atoms with Crippen molar-refractivity contribution in [2.24, 2.45) is 5.92 Å². The van der Waals surface area contributed by atoms with Crippen LogP contribution in [-0.4, -0.2) is 55.0 Å². The second kappa shape index (κ2) is 11.2. The van der Waals surface area contributed by atoms with Crippen LogP contribution < -0.4 is 5.32 Å². The molecule has 39 heavy (non-hydrogen) atoms. The average Bonchev–Trinajstić information content (AvgIpc) is 3.58. The molecule has 1 amide bonds. The van der Waals surface area contributed by atoms with E-state index in [0.29, 0.717) is 30.5 Å². The lowest BCUT2D eigenvalue weighted by Gasteiger charge is -2.40. The number of nitrogens with zero attached hydrogens (tertiary/aromatic N) is 5. The minimum atomic E-state index is -2.70. The summed E-state index contributed by atoms with van der Waals surface area (Å²) in [6.45, 7) is 7.07. The van der Waals surface area contributed by atoms with Gasteiger partial charge in [-0.2, -0.15) is 0 Å². The van der Waals surface area contributed by atoms with Gasteiger partial charge < -0.3 is 9.88 Å². The minimum Gasteiger partial charge on any atom is -0.348 e. The number of hydrogen-bond acceptors (Lipinski definition) is 7.